The number of benzene rings is 3. The number of methoxy groups -OCH3 is 1. The molecule has 3 aromatic carbocycles. The molecule has 0 saturated carbocycles. The molecule has 18 heteroatoms. The molecule has 4 aromatic rings. The van der Waals surface area contributed by atoms with Gasteiger partial charge in [0.2, 0.25) is 23.7 Å². The lowest BCUT2D eigenvalue weighted by atomic mass is 9.99. The molecule has 1 atom stereocenters. The molecule has 1 aromatic heterocycles. The molecule has 4 aliphatic heterocycles. The van der Waals surface area contributed by atoms with Gasteiger partial charge in [0, 0.05) is 105 Å². The molecule has 344 valence electrons. The third-order valence-corrected chi connectivity index (χ3v) is 14.8. The van der Waals surface area contributed by atoms with Crippen molar-refractivity contribution in [2.45, 2.75) is 70.5 Å². The van der Waals surface area contributed by atoms with Gasteiger partial charge in [-0.2, -0.15) is 4.98 Å². The standard InChI is InChI=1S/C47H58ClN10O6P/c1-5-30-26-37(52-47-50-28-34(48)44(54-47)51-36-11-6-7-13-41(36)65(3,4)63)40(64-2)27-39(30)56-20-17-31(18-21-56)55-22-24-57(25-23-55)43(60)14-9-19-49-35-12-8-10-32-33(35)29-58(46(32)62)38-15-16-42(59)53-45(38)61/h6-8,10-13,26-28,31,38,49H,5,9,14-25,29H2,1-4H3,(H,53,59,61)(H2,50,51,52,54). The summed E-state index contributed by atoms with van der Waals surface area (Å²) >= 11 is 6.53. The van der Waals surface area contributed by atoms with Gasteiger partial charge < -0.3 is 40.0 Å². The van der Waals surface area contributed by atoms with Gasteiger partial charge in [0.15, 0.2) is 5.82 Å². The van der Waals surface area contributed by atoms with E-state index in [4.69, 9.17) is 16.3 Å². The van der Waals surface area contributed by atoms with E-state index in [0.717, 1.165) is 68.1 Å². The molecule has 0 bridgehead atoms. The maximum absolute atomic E-state index is 13.3. The molecule has 1 unspecified atom stereocenters. The van der Waals surface area contributed by atoms with E-state index < -0.39 is 19.1 Å². The second-order valence-electron chi connectivity index (χ2n) is 17.4. The van der Waals surface area contributed by atoms with E-state index in [1.807, 2.05) is 41.3 Å². The third kappa shape index (κ3) is 10.2. The van der Waals surface area contributed by atoms with E-state index >= 15 is 0 Å². The predicted octanol–water partition coefficient (Wildman–Crippen LogP) is 6.20. The van der Waals surface area contributed by atoms with Crippen LogP contribution in [0.25, 0.3) is 0 Å². The van der Waals surface area contributed by atoms with Gasteiger partial charge in [-0.05, 0) is 81.3 Å². The largest absolute Gasteiger partial charge is 0.494 e. The zero-order valence-electron chi connectivity index (χ0n) is 37.5. The number of para-hydroxylation sites is 1. The van der Waals surface area contributed by atoms with E-state index in [1.165, 1.54) is 11.8 Å². The van der Waals surface area contributed by atoms with Crippen LogP contribution >= 0.6 is 18.7 Å². The number of fused-ring (bicyclic) bond motifs is 1. The molecular weight excluding hydrogens is 867 g/mol. The number of carbonyl (C=O) groups excluding carboxylic acids is 4. The van der Waals surface area contributed by atoms with Crippen molar-refractivity contribution in [3.8, 4) is 5.75 Å². The number of amides is 4. The molecule has 5 heterocycles. The highest BCUT2D eigenvalue weighted by atomic mass is 35.5. The minimum absolute atomic E-state index is 0.157. The average molecular weight is 925 g/mol. The Kier molecular flexibility index (Phi) is 14.0. The molecule has 0 spiro atoms. The Morgan fingerprint density at radius 2 is 1.69 bits per heavy atom. The van der Waals surface area contributed by atoms with Crippen LogP contribution in [-0.2, 0) is 31.9 Å². The van der Waals surface area contributed by atoms with Crippen LogP contribution in [0.1, 0.15) is 66.9 Å². The summed E-state index contributed by atoms with van der Waals surface area (Å²) in [5, 5.41) is 13.4. The number of halogens is 1. The Morgan fingerprint density at radius 1 is 0.938 bits per heavy atom. The van der Waals surface area contributed by atoms with E-state index in [-0.39, 0.29) is 24.1 Å². The van der Waals surface area contributed by atoms with Crippen LogP contribution < -0.4 is 36.2 Å². The topological polar surface area (TPSA) is 181 Å². The van der Waals surface area contributed by atoms with Crippen molar-refractivity contribution in [3.05, 3.63) is 82.5 Å². The lowest BCUT2D eigenvalue weighted by Crippen LogP contribution is -2.54. The van der Waals surface area contributed by atoms with E-state index in [0.29, 0.717) is 90.6 Å². The molecule has 4 N–H and O–H groups in total. The van der Waals surface area contributed by atoms with E-state index in [2.05, 4.69) is 60.1 Å². The van der Waals surface area contributed by atoms with Gasteiger partial charge >= 0.3 is 0 Å². The van der Waals surface area contributed by atoms with Crippen molar-refractivity contribution in [3.63, 3.8) is 0 Å². The predicted molar refractivity (Wildman–Crippen MR) is 255 cm³/mol. The zero-order chi connectivity index (χ0) is 45.8. The normalized spacial score (nSPS) is 18.4. The molecular formula is C47H58ClN10O6P. The summed E-state index contributed by atoms with van der Waals surface area (Å²) < 4.78 is 18.9. The van der Waals surface area contributed by atoms with Crippen molar-refractivity contribution >= 4 is 82.2 Å². The highest BCUT2D eigenvalue weighted by molar-refractivity contribution is 7.70. The first-order valence-corrected chi connectivity index (χ1v) is 25.5. The van der Waals surface area contributed by atoms with Gasteiger partial charge in [0.25, 0.3) is 5.91 Å². The fourth-order valence-electron chi connectivity index (χ4n) is 9.45. The number of carbonyl (C=O) groups is 4. The SMILES string of the molecule is CCc1cc(Nc2ncc(Cl)c(Nc3ccccc3P(C)(C)=O)n2)c(OC)cc1N1CCC(N2CCN(C(=O)CCCNc3cccc4c3CN(C3CCC(=O)NC3=O)C4=O)CC2)CC1. The number of piperidine rings is 2. The Morgan fingerprint density at radius 3 is 2.42 bits per heavy atom. The van der Waals surface area contributed by atoms with Crippen molar-refractivity contribution in [1.82, 2.24) is 30.0 Å². The number of ether oxygens (including phenoxy) is 1. The number of hydrogen-bond acceptors (Lipinski definition) is 13. The summed E-state index contributed by atoms with van der Waals surface area (Å²) in [5.74, 6) is 0.627. The second-order valence-corrected chi connectivity index (χ2v) is 21.0. The van der Waals surface area contributed by atoms with Crippen LogP contribution in [0.3, 0.4) is 0 Å². The minimum Gasteiger partial charge on any atom is -0.494 e. The summed E-state index contributed by atoms with van der Waals surface area (Å²) in [5.41, 5.74) is 5.98. The average Bonchev–Trinajstić information content (AvgIpc) is 3.64. The second kappa shape index (κ2) is 19.8. The number of anilines is 6. The molecule has 0 aliphatic carbocycles. The van der Waals surface area contributed by atoms with Crippen molar-refractivity contribution in [1.29, 1.82) is 0 Å². The fourth-order valence-corrected chi connectivity index (χ4v) is 10.7. The van der Waals surface area contributed by atoms with Crippen LogP contribution in [0.4, 0.5) is 34.5 Å². The van der Waals surface area contributed by atoms with Crippen molar-refractivity contribution in [2.24, 2.45) is 0 Å². The Balaban J connectivity index is 0.802. The maximum Gasteiger partial charge on any atom is 0.255 e. The third-order valence-electron chi connectivity index (χ3n) is 13.0. The Bertz CT molecular complexity index is 2500. The molecule has 0 radical (unpaired) electrons. The van der Waals surface area contributed by atoms with E-state index in [9.17, 15) is 23.7 Å². The maximum atomic E-state index is 13.3. The highest BCUT2D eigenvalue weighted by Crippen LogP contribution is 2.40. The number of piperazine rings is 1. The summed E-state index contributed by atoms with van der Waals surface area (Å²) in [6, 6.07) is 17.0. The van der Waals surface area contributed by atoms with Crippen molar-refractivity contribution < 1.29 is 28.5 Å². The fraction of sp³-hybridized carbons (Fsp3) is 0.447. The van der Waals surface area contributed by atoms with Gasteiger partial charge in [-0.1, -0.05) is 36.7 Å². The van der Waals surface area contributed by atoms with Crippen molar-refractivity contribution in [2.75, 3.05) is 87.1 Å². The number of nitrogens with zero attached hydrogens (tertiary/aromatic N) is 6. The first-order valence-electron chi connectivity index (χ1n) is 22.5. The minimum atomic E-state index is -2.57. The monoisotopic (exact) mass is 924 g/mol. The molecule has 65 heavy (non-hydrogen) atoms. The van der Waals surface area contributed by atoms with Crippen LogP contribution in [0.15, 0.2) is 60.8 Å². The Hall–Kier alpha value is -5.70. The smallest absolute Gasteiger partial charge is 0.255 e. The number of aryl methyl sites for hydroxylation is 1. The van der Waals surface area contributed by atoms with Gasteiger partial charge in [0.05, 0.1) is 24.7 Å². The number of rotatable bonds is 15. The van der Waals surface area contributed by atoms with Gasteiger partial charge in [-0.3, -0.25) is 29.4 Å². The van der Waals surface area contributed by atoms with E-state index in [1.54, 1.807) is 31.4 Å². The van der Waals surface area contributed by atoms with Gasteiger partial charge in [-0.25, -0.2) is 4.98 Å². The molecule has 3 saturated heterocycles. The van der Waals surface area contributed by atoms with Crippen LogP contribution in [0, 0.1) is 0 Å². The number of imide groups is 1. The number of aromatic nitrogens is 2. The summed E-state index contributed by atoms with van der Waals surface area (Å²) in [4.78, 5) is 68.3. The Labute approximate surface area is 385 Å². The number of hydrogen-bond donors (Lipinski definition) is 4. The molecule has 16 nitrogen and oxygen atoms in total. The first kappa shape index (κ1) is 45.9. The van der Waals surface area contributed by atoms with Crippen LogP contribution in [0.5, 0.6) is 5.75 Å². The number of nitrogens with one attached hydrogen (secondary N) is 4. The van der Waals surface area contributed by atoms with Crippen LogP contribution in [0.2, 0.25) is 5.02 Å². The lowest BCUT2D eigenvalue weighted by molar-refractivity contribution is -0.137. The summed E-state index contributed by atoms with van der Waals surface area (Å²) in [6.45, 7) is 11.4. The molecule has 4 amide bonds. The van der Waals surface area contributed by atoms with Gasteiger partial charge in [0.1, 0.15) is 24.0 Å². The first-order chi connectivity index (χ1) is 31.3. The molecule has 8 rings (SSSR count). The summed E-state index contributed by atoms with van der Waals surface area (Å²) in [7, 11) is -0.910. The highest BCUT2D eigenvalue weighted by Gasteiger charge is 2.40. The zero-order valence-corrected chi connectivity index (χ0v) is 39.1. The molecule has 4 aliphatic rings. The quantitative estimate of drug-likeness (QED) is 0.0602. The lowest BCUT2D eigenvalue weighted by Gasteiger charge is -2.43. The van der Waals surface area contributed by atoms with Gasteiger partial charge in [-0.15, -0.1) is 0 Å². The molecule has 3 fully saturated rings. The summed E-state index contributed by atoms with van der Waals surface area (Å²) in [6.07, 6.45) is 6.02. The van der Waals surface area contributed by atoms with Crippen LogP contribution in [-0.4, -0.2) is 127 Å².